The molecule has 1 unspecified atom stereocenters. The molecule has 4 rings (SSSR count). The molecular formula is C18H22N2O5. The van der Waals surface area contributed by atoms with Gasteiger partial charge in [-0.3, -0.25) is 0 Å². The average Bonchev–Trinajstić information content (AvgIpc) is 3.46. The number of fused-ring (bicyclic) bond motifs is 1. The van der Waals surface area contributed by atoms with Crippen LogP contribution in [0.3, 0.4) is 0 Å². The standard InChI is InChI=1S/C18H22N2O5/c21-17(22)14-3-1-2-13-10-19(7-9-25-16(13)14)18(23)20-6-8-24-15(11-20)12-4-5-12/h1-3,12,15H,4-11H2,(H,21,22). The number of hydrogen-bond acceptors (Lipinski definition) is 4. The molecule has 1 aromatic rings. The van der Waals surface area contributed by atoms with Crippen molar-refractivity contribution in [3.05, 3.63) is 29.3 Å². The lowest BCUT2D eigenvalue weighted by Crippen LogP contribution is -2.51. The second kappa shape index (κ2) is 6.55. The molecule has 0 spiro atoms. The molecule has 0 bridgehead atoms. The quantitative estimate of drug-likeness (QED) is 0.883. The second-order valence-electron chi connectivity index (χ2n) is 6.84. The van der Waals surface area contributed by atoms with Gasteiger partial charge < -0.3 is 24.4 Å². The van der Waals surface area contributed by atoms with E-state index in [1.807, 2.05) is 11.0 Å². The highest BCUT2D eigenvalue weighted by atomic mass is 16.5. The van der Waals surface area contributed by atoms with Crippen molar-refractivity contribution in [3.8, 4) is 5.75 Å². The van der Waals surface area contributed by atoms with E-state index in [2.05, 4.69) is 0 Å². The zero-order chi connectivity index (χ0) is 17.4. The number of hydrogen-bond donors (Lipinski definition) is 1. The van der Waals surface area contributed by atoms with E-state index in [0.29, 0.717) is 51.1 Å². The van der Waals surface area contributed by atoms with Crippen LogP contribution in [0.4, 0.5) is 4.79 Å². The molecule has 1 aromatic carbocycles. The fraction of sp³-hybridized carbons (Fsp3) is 0.556. The smallest absolute Gasteiger partial charge is 0.339 e. The van der Waals surface area contributed by atoms with Gasteiger partial charge in [0.1, 0.15) is 17.9 Å². The first-order valence-electron chi connectivity index (χ1n) is 8.77. The van der Waals surface area contributed by atoms with Crippen LogP contribution < -0.4 is 4.74 Å². The van der Waals surface area contributed by atoms with Gasteiger partial charge in [-0.1, -0.05) is 12.1 Å². The highest BCUT2D eigenvalue weighted by molar-refractivity contribution is 5.91. The zero-order valence-corrected chi connectivity index (χ0v) is 14.0. The number of carboxylic acids is 1. The summed E-state index contributed by atoms with van der Waals surface area (Å²) in [6, 6.07) is 5.02. The normalized spacial score (nSPS) is 23.4. The number of para-hydroxylation sites is 1. The summed E-state index contributed by atoms with van der Waals surface area (Å²) in [6.07, 6.45) is 2.54. The number of ether oxygens (including phenoxy) is 2. The van der Waals surface area contributed by atoms with Crippen LogP contribution in [0.1, 0.15) is 28.8 Å². The lowest BCUT2D eigenvalue weighted by Gasteiger charge is -2.36. The van der Waals surface area contributed by atoms with Gasteiger partial charge in [0.25, 0.3) is 0 Å². The molecule has 3 aliphatic rings. The molecule has 1 saturated carbocycles. The summed E-state index contributed by atoms with van der Waals surface area (Å²) in [4.78, 5) is 27.9. The Morgan fingerprint density at radius 3 is 2.68 bits per heavy atom. The summed E-state index contributed by atoms with van der Waals surface area (Å²) in [5.74, 6) is -0.0397. The van der Waals surface area contributed by atoms with E-state index in [-0.39, 0.29) is 17.7 Å². The number of urea groups is 1. The summed E-state index contributed by atoms with van der Waals surface area (Å²) >= 11 is 0. The Labute approximate surface area is 146 Å². The van der Waals surface area contributed by atoms with Gasteiger partial charge in [0, 0.05) is 18.7 Å². The van der Waals surface area contributed by atoms with E-state index in [0.717, 1.165) is 5.56 Å². The fourth-order valence-corrected chi connectivity index (χ4v) is 3.56. The molecule has 1 atom stereocenters. The zero-order valence-electron chi connectivity index (χ0n) is 14.0. The van der Waals surface area contributed by atoms with Gasteiger partial charge >= 0.3 is 12.0 Å². The molecule has 1 saturated heterocycles. The van der Waals surface area contributed by atoms with Crippen molar-refractivity contribution in [1.82, 2.24) is 9.80 Å². The largest absolute Gasteiger partial charge is 0.490 e. The van der Waals surface area contributed by atoms with Crippen LogP contribution in [0, 0.1) is 5.92 Å². The van der Waals surface area contributed by atoms with Crippen molar-refractivity contribution in [2.24, 2.45) is 5.92 Å². The Bertz CT molecular complexity index is 688. The third-order valence-corrected chi connectivity index (χ3v) is 5.08. The van der Waals surface area contributed by atoms with E-state index in [1.165, 1.54) is 18.9 Å². The van der Waals surface area contributed by atoms with Crippen molar-refractivity contribution < 1.29 is 24.2 Å². The number of benzene rings is 1. The van der Waals surface area contributed by atoms with Gasteiger partial charge in [0.05, 0.1) is 25.8 Å². The number of amides is 2. The minimum absolute atomic E-state index is 0.0221. The molecule has 25 heavy (non-hydrogen) atoms. The molecule has 7 heteroatoms. The predicted octanol–water partition coefficient (Wildman–Crippen LogP) is 1.81. The van der Waals surface area contributed by atoms with Crippen LogP contribution in [0.15, 0.2) is 18.2 Å². The molecule has 2 amide bonds. The SMILES string of the molecule is O=C(O)c1cccc2c1OCCN(C(=O)N1CCOC(C3CC3)C1)C2. The Morgan fingerprint density at radius 2 is 1.92 bits per heavy atom. The molecule has 2 aliphatic heterocycles. The number of carboxylic acid groups (broad SMARTS) is 1. The molecule has 1 N–H and O–H groups in total. The molecule has 7 nitrogen and oxygen atoms in total. The van der Waals surface area contributed by atoms with Crippen LogP contribution >= 0.6 is 0 Å². The Hall–Kier alpha value is -2.28. The Kier molecular flexibility index (Phi) is 4.25. The van der Waals surface area contributed by atoms with E-state index in [9.17, 15) is 14.7 Å². The third kappa shape index (κ3) is 3.28. The summed E-state index contributed by atoms with van der Waals surface area (Å²) in [7, 11) is 0. The van der Waals surface area contributed by atoms with Crippen molar-refractivity contribution in [2.75, 3.05) is 32.8 Å². The van der Waals surface area contributed by atoms with E-state index >= 15 is 0 Å². The van der Waals surface area contributed by atoms with Gasteiger partial charge in [-0.15, -0.1) is 0 Å². The average molecular weight is 346 g/mol. The van der Waals surface area contributed by atoms with E-state index in [4.69, 9.17) is 9.47 Å². The molecule has 1 aliphatic carbocycles. The first-order chi connectivity index (χ1) is 12.1. The fourth-order valence-electron chi connectivity index (χ4n) is 3.56. The number of aromatic carboxylic acids is 1. The van der Waals surface area contributed by atoms with Crippen LogP contribution in [-0.4, -0.2) is 65.9 Å². The highest BCUT2D eigenvalue weighted by Gasteiger charge is 2.37. The van der Waals surface area contributed by atoms with Gasteiger partial charge in [-0.05, 0) is 24.8 Å². The van der Waals surface area contributed by atoms with Gasteiger partial charge in [-0.25, -0.2) is 9.59 Å². The number of morpholine rings is 1. The molecule has 0 radical (unpaired) electrons. The summed E-state index contributed by atoms with van der Waals surface area (Å²) < 4.78 is 11.5. The maximum Gasteiger partial charge on any atom is 0.339 e. The maximum absolute atomic E-state index is 12.9. The minimum atomic E-state index is -1.02. The Balaban J connectivity index is 1.50. The van der Waals surface area contributed by atoms with Crippen molar-refractivity contribution in [1.29, 1.82) is 0 Å². The van der Waals surface area contributed by atoms with Crippen LogP contribution in [-0.2, 0) is 11.3 Å². The Morgan fingerprint density at radius 1 is 1.12 bits per heavy atom. The molecule has 2 fully saturated rings. The highest BCUT2D eigenvalue weighted by Crippen LogP contribution is 2.36. The monoisotopic (exact) mass is 346 g/mol. The maximum atomic E-state index is 12.9. The van der Waals surface area contributed by atoms with Crippen molar-refractivity contribution >= 4 is 12.0 Å². The van der Waals surface area contributed by atoms with Crippen LogP contribution in [0.25, 0.3) is 0 Å². The van der Waals surface area contributed by atoms with Crippen LogP contribution in [0.2, 0.25) is 0 Å². The lowest BCUT2D eigenvalue weighted by molar-refractivity contribution is -0.0301. The molecule has 2 heterocycles. The number of nitrogens with zero attached hydrogens (tertiary/aromatic N) is 2. The number of rotatable bonds is 2. The third-order valence-electron chi connectivity index (χ3n) is 5.08. The first kappa shape index (κ1) is 16.2. The van der Waals surface area contributed by atoms with Crippen LogP contribution in [0.5, 0.6) is 5.75 Å². The molecule has 134 valence electrons. The molecular weight excluding hydrogens is 324 g/mol. The summed E-state index contributed by atoms with van der Waals surface area (Å²) in [5, 5.41) is 9.32. The van der Waals surface area contributed by atoms with E-state index in [1.54, 1.807) is 11.0 Å². The number of carbonyl (C=O) groups excluding carboxylic acids is 1. The minimum Gasteiger partial charge on any atom is -0.490 e. The van der Waals surface area contributed by atoms with Gasteiger partial charge in [0.2, 0.25) is 0 Å². The first-order valence-corrected chi connectivity index (χ1v) is 8.77. The van der Waals surface area contributed by atoms with Crippen molar-refractivity contribution in [2.45, 2.75) is 25.5 Å². The topological polar surface area (TPSA) is 79.3 Å². The number of carbonyl (C=O) groups is 2. The summed E-state index contributed by atoms with van der Waals surface area (Å²) in [5.41, 5.74) is 0.879. The lowest BCUT2D eigenvalue weighted by atomic mass is 10.1. The molecule has 0 aromatic heterocycles. The summed E-state index contributed by atoms with van der Waals surface area (Å²) in [6.45, 7) is 2.92. The van der Waals surface area contributed by atoms with E-state index < -0.39 is 5.97 Å². The van der Waals surface area contributed by atoms with Gasteiger partial charge in [-0.2, -0.15) is 0 Å². The van der Waals surface area contributed by atoms with Crippen molar-refractivity contribution in [3.63, 3.8) is 0 Å². The predicted molar refractivity (Wildman–Crippen MR) is 88.7 cm³/mol. The van der Waals surface area contributed by atoms with Gasteiger partial charge in [0.15, 0.2) is 0 Å². The second-order valence-corrected chi connectivity index (χ2v) is 6.84.